The first-order valence-electron chi connectivity index (χ1n) is 11.8. The van der Waals surface area contributed by atoms with Gasteiger partial charge in [-0.3, -0.25) is 0 Å². The van der Waals surface area contributed by atoms with Crippen molar-refractivity contribution in [1.82, 2.24) is 0 Å². The van der Waals surface area contributed by atoms with E-state index >= 15 is 0 Å². The van der Waals surface area contributed by atoms with Gasteiger partial charge in [-0.25, -0.2) is 0 Å². The van der Waals surface area contributed by atoms with Gasteiger partial charge in [-0.2, -0.15) is 0 Å². The van der Waals surface area contributed by atoms with Crippen molar-refractivity contribution in [2.24, 2.45) is 0 Å². The normalized spacial score (nSPS) is 16.2. The number of nitrogens with zero attached hydrogens (tertiary/aromatic N) is 1. The van der Waals surface area contributed by atoms with Crippen LogP contribution in [0, 0.1) is 13.8 Å². The maximum atomic E-state index is 6.11. The molecule has 0 unspecified atom stereocenters. The minimum atomic E-state index is 0. The Hall–Kier alpha value is -0.696. The average Bonchev–Trinajstić information content (AvgIpc) is 2.70. The first-order chi connectivity index (χ1) is 14.2. The van der Waals surface area contributed by atoms with Crippen molar-refractivity contribution >= 4 is 0 Å². The van der Waals surface area contributed by atoms with Gasteiger partial charge in [-0.05, 0) is 69.9 Å². The molecular formula is C27H40NOY+. The zero-order valence-electron chi connectivity index (χ0n) is 19.2. The van der Waals surface area contributed by atoms with Crippen LogP contribution in [0.5, 0.6) is 5.75 Å². The van der Waals surface area contributed by atoms with E-state index in [-0.39, 0.29) is 32.7 Å². The standard InChI is InChI=1S/C27H40NO.Y/c1-24-15-14-16-25(2)27(24)29-22-13-7-12-21-28(19-10-4-3-5-11-20-28)23-26-17-8-6-9-18-26;/h6,8-9,14-18H,3-5,7,10-13,19-23H2,1-2H3;/q+1;. The van der Waals surface area contributed by atoms with E-state index in [9.17, 15) is 0 Å². The molecule has 1 aliphatic rings. The number of likely N-dealkylation sites (tertiary alicyclic amines) is 1. The van der Waals surface area contributed by atoms with Crippen molar-refractivity contribution in [3.63, 3.8) is 0 Å². The molecule has 1 aliphatic heterocycles. The van der Waals surface area contributed by atoms with Gasteiger partial charge in [0, 0.05) is 38.3 Å². The Balaban J connectivity index is 0.00000320. The number of hydrogen-bond donors (Lipinski definition) is 0. The minimum absolute atomic E-state index is 0. The van der Waals surface area contributed by atoms with Crippen LogP contribution in [-0.4, -0.2) is 30.7 Å². The molecule has 2 aromatic carbocycles. The van der Waals surface area contributed by atoms with Crippen LogP contribution in [0.15, 0.2) is 48.5 Å². The molecule has 1 fully saturated rings. The van der Waals surface area contributed by atoms with Crippen LogP contribution in [0.2, 0.25) is 0 Å². The van der Waals surface area contributed by atoms with Gasteiger partial charge in [-0.15, -0.1) is 0 Å². The summed E-state index contributed by atoms with van der Waals surface area (Å²) in [4.78, 5) is 0. The predicted octanol–water partition coefficient (Wildman–Crippen LogP) is 6.83. The number of quaternary nitrogens is 1. The predicted molar refractivity (Wildman–Crippen MR) is 123 cm³/mol. The number of ether oxygens (including phenoxy) is 1. The Bertz CT molecular complexity index is 703. The van der Waals surface area contributed by atoms with Crippen molar-refractivity contribution in [3.05, 3.63) is 65.2 Å². The molecule has 30 heavy (non-hydrogen) atoms. The Morgan fingerprint density at radius 2 is 1.37 bits per heavy atom. The summed E-state index contributed by atoms with van der Waals surface area (Å²) in [5, 5.41) is 0. The minimum Gasteiger partial charge on any atom is -0.493 e. The first-order valence-corrected chi connectivity index (χ1v) is 11.8. The molecule has 0 amide bonds. The maximum Gasteiger partial charge on any atom is 0.125 e. The molecule has 0 atom stereocenters. The molecule has 2 nitrogen and oxygen atoms in total. The Labute approximate surface area is 209 Å². The Morgan fingerprint density at radius 1 is 0.733 bits per heavy atom. The number of hydrogen-bond acceptors (Lipinski definition) is 1. The summed E-state index contributed by atoms with van der Waals surface area (Å²) in [5.41, 5.74) is 4.00. The van der Waals surface area contributed by atoms with E-state index in [0.717, 1.165) is 18.8 Å². The van der Waals surface area contributed by atoms with Crippen LogP contribution < -0.4 is 4.74 Å². The first kappa shape index (κ1) is 25.6. The molecule has 0 aliphatic carbocycles. The molecule has 3 rings (SSSR count). The average molecular weight is 484 g/mol. The van der Waals surface area contributed by atoms with Crippen LogP contribution in [0.4, 0.5) is 0 Å². The van der Waals surface area contributed by atoms with Crippen molar-refractivity contribution in [2.45, 2.75) is 71.8 Å². The van der Waals surface area contributed by atoms with E-state index in [2.05, 4.69) is 62.4 Å². The Kier molecular flexibility index (Phi) is 11.6. The number of aryl methyl sites for hydroxylation is 2. The molecule has 1 saturated heterocycles. The number of rotatable bonds is 9. The molecule has 3 heteroatoms. The summed E-state index contributed by atoms with van der Waals surface area (Å²) in [6.45, 7) is 10.4. The van der Waals surface area contributed by atoms with Gasteiger partial charge >= 0.3 is 0 Å². The summed E-state index contributed by atoms with van der Waals surface area (Å²) in [6, 6.07) is 17.5. The zero-order chi connectivity index (χ0) is 20.4. The molecule has 2 aromatic rings. The Morgan fingerprint density at radius 3 is 2.03 bits per heavy atom. The van der Waals surface area contributed by atoms with E-state index in [0.29, 0.717) is 0 Å². The number of unbranched alkanes of at least 4 members (excludes halogenated alkanes) is 2. The third-order valence-corrected chi connectivity index (χ3v) is 6.56. The third-order valence-electron chi connectivity index (χ3n) is 6.56. The monoisotopic (exact) mass is 483 g/mol. The molecule has 0 N–H and O–H groups in total. The summed E-state index contributed by atoms with van der Waals surface area (Å²) in [6.07, 6.45) is 10.8. The van der Waals surface area contributed by atoms with Gasteiger partial charge in [0.15, 0.2) is 0 Å². The summed E-state index contributed by atoms with van der Waals surface area (Å²) < 4.78 is 7.41. The number of para-hydroxylation sites is 1. The van der Waals surface area contributed by atoms with Crippen LogP contribution in [0.3, 0.4) is 0 Å². The molecule has 0 bridgehead atoms. The van der Waals surface area contributed by atoms with Gasteiger partial charge in [-0.1, -0.05) is 55.0 Å². The fourth-order valence-electron chi connectivity index (χ4n) is 4.90. The molecule has 1 radical (unpaired) electrons. The third kappa shape index (κ3) is 8.10. The topological polar surface area (TPSA) is 9.23 Å². The summed E-state index contributed by atoms with van der Waals surface area (Å²) >= 11 is 0. The van der Waals surface area contributed by atoms with Gasteiger partial charge in [0.1, 0.15) is 12.3 Å². The van der Waals surface area contributed by atoms with Crippen LogP contribution in [-0.2, 0) is 39.3 Å². The molecular weight excluding hydrogens is 443 g/mol. The van der Waals surface area contributed by atoms with Crippen LogP contribution in [0.1, 0.15) is 68.1 Å². The van der Waals surface area contributed by atoms with Crippen molar-refractivity contribution in [3.8, 4) is 5.75 Å². The molecule has 0 saturated carbocycles. The zero-order valence-corrected chi connectivity index (χ0v) is 22.1. The summed E-state index contributed by atoms with van der Waals surface area (Å²) in [7, 11) is 0. The van der Waals surface area contributed by atoms with Crippen molar-refractivity contribution in [1.29, 1.82) is 0 Å². The quantitative estimate of drug-likeness (QED) is 0.281. The van der Waals surface area contributed by atoms with E-state index in [1.165, 1.54) is 92.3 Å². The van der Waals surface area contributed by atoms with Crippen LogP contribution >= 0.6 is 0 Å². The van der Waals surface area contributed by atoms with Gasteiger partial charge < -0.3 is 9.22 Å². The SMILES string of the molecule is Cc1cccc(C)c1OCCCCC[N+]1(Cc2ccccc2)CCCCCCC1.[Y]. The molecule has 0 spiro atoms. The second kappa shape index (κ2) is 13.7. The van der Waals surface area contributed by atoms with Gasteiger partial charge in [0.2, 0.25) is 0 Å². The smallest absolute Gasteiger partial charge is 0.125 e. The van der Waals surface area contributed by atoms with Crippen LogP contribution in [0.25, 0.3) is 0 Å². The summed E-state index contributed by atoms with van der Waals surface area (Å²) in [5.74, 6) is 1.09. The fraction of sp³-hybridized carbons (Fsp3) is 0.556. The second-order valence-electron chi connectivity index (χ2n) is 9.05. The van der Waals surface area contributed by atoms with Crippen molar-refractivity contribution in [2.75, 3.05) is 26.2 Å². The molecule has 0 aromatic heterocycles. The van der Waals surface area contributed by atoms with Crippen molar-refractivity contribution < 1.29 is 41.9 Å². The van der Waals surface area contributed by atoms with Gasteiger partial charge in [0.25, 0.3) is 0 Å². The van der Waals surface area contributed by atoms with E-state index in [4.69, 9.17) is 4.74 Å². The van der Waals surface area contributed by atoms with E-state index in [1.807, 2.05) is 0 Å². The fourth-order valence-corrected chi connectivity index (χ4v) is 4.90. The van der Waals surface area contributed by atoms with Gasteiger partial charge in [0.05, 0.1) is 26.2 Å². The molecule has 1 heterocycles. The van der Waals surface area contributed by atoms with E-state index < -0.39 is 0 Å². The number of benzene rings is 2. The second-order valence-corrected chi connectivity index (χ2v) is 9.05. The van der Waals surface area contributed by atoms with E-state index in [1.54, 1.807) is 0 Å². The largest absolute Gasteiger partial charge is 0.493 e. The maximum absolute atomic E-state index is 6.11. The molecule has 161 valence electrons.